The van der Waals surface area contributed by atoms with Crippen LogP contribution in [-0.2, 0) is 9.47 Å². The third kappa shape index (κ3) is 3.21. The number of nitrogens with two attached hydrogens (primary N) is 1. The molecule has 0 bridgehead atoms. The molecule has 0 amide bonds. The summed E-state index contributed by atoms with van der Waals surface area (Å²) in [6, 6.07) is 0.854. The zero-order valence-corrected chi connectivity index (χ0v) is 12.0. The van der Waals surface area contributed by atoms with Crippen molar-refractivity contribution >= 4 is 0 Å². The first-order chi connectivity index (χ1) is 10.0. The molecule has 1 fully saturated rings. The van der Waals surface area contributed by atoms with E-state index in [-0.39, 0.29) is 24.3 Å². The predicted octanol–water partition coefficient (Wildman–Crippen LogP) is 1.45. The molecule has 0 radical (unpaired) electrons. The fraction of sp³-hybridized carbons (Fsp3) is 0.571. The Balaban J connectivity index is 2.27. The van der Waals surface area contributed by atoms with Crippen LogP contribution in [0.15, 0.2) is 12.1 Å². The lowest BCUT2D eigenvalue weighted by Gasteiger charge is -2.27. The van der Waals surface area contributed by atoms with Crippen LogP contribution in [-0.4, -0.2) is 51.0 Å². The molecule has 1 saturated heterocycles. The molecule has 2 N–H and O–H groups in total. The molecule has 3 atom stereocenters. The summed E-state index contributed by atoms with van der Waals surface area (Å²) in [5.74, 6) is -3.10. The van der Waals surface area contributed by atoms with E-state index >= 15 is 0 Å². The normalized spacial score (nSPS) is 24.5. The summed E-state index contributed by atoms with van der Waals surface area (Å²) in [6.45, 7) is 1.04. The first-order valence-electron chi connectivity index (χ1n) is 6.66. The standard InChI is InChI=1S/C14H19F3N2O2/c1-20-13-6-19(7-14(13)21-2)12(5-18)8-3-10(16)11(17)4-9(8)15/h3-4,12-14H,5-7,18H2,1-2H3. The van der Waals surface area contributed by atoms with Gasteiger partial charge >= 0.3 is 0 Å². The molecule has 4 nitrogen and oxygen atoms in total. The van der Waals surface area contributed by atoms with Crippen molar-refractivity contribution in [3.8, 4) is 0 Å². The van der Waals surface area contributed by atoms with Crippen LogP contribution in [0.4, 0.5) is 13.2 Å². The molecule has 1 aliphatic rings. The number of benzene rings is 1. The van der Waals surface area contributed by atoms with Gasteiger partial charge in [0.2, 0.25) is 0 Å². The van der Waals surface area contributed by atoms with Gasteiger partial charge in [0.15, 0.2) is 11.6 Å². The van der Waals surface area contributed by atoms with Crippen LogP contribution >= 0.6 is 0 Å². The third-order valence-electron chi connectivity index (χ3n) is 3.91. The second-order valence-corrected chi connectivity index (χ2v) is 5.04. The number of nitrogens with zero attached hydrogens (tertiary/aromatic N) is 1. The first kappa shape index (κ1) is 16.2. The van der Waals surface area contributed by atoms with E-state index in [1.54, 1.807) is 14.2 Å². The minimum atomic E-state index is -1.21. The van der Waals surface area contributed by atoms with Crippen molar-refractivity contribution in [1.82, 2.24) is 4.90 Å². The number of hydrogen-bond donors (Lipinski definition) is 1. The largest absolute Gasteiger partial charge is 0.377 e. The van der Waals surface area contributed by atoms with Gasteiger partial charge in [-0.25, -0.2) is 13.2 Å². The summed E-state index contributed by atoms with van der Waals surface area (Å²) >= 11 is 0. The first-order valence-corrected chi connectivity index (χ1v) is 6.66. The molecule has 0 spiro atoms. The minimum absolute atomic E-state index is 0.0445. The van der Waals surface area contributed by atoms with Crippen molar-refractivity contribution in [3.05, 3.63) is 35.1 Å². The van der Waals surface area contributed by atoms with Crippen LogP contribution in [0, 0.1) is 17.5 Å². The van der Waals surface area contributed by atoms with Gasteiger partial charge < -0.3 is 15.2 Å². The number of ether oxygens (including phenoxy) is 2. The fourth-order valence-corrected chi connectivity index (χ4v) is 2.75. The van der Waals surface area contributed by atoms with E-state index in [1.165, 1.54) is 0 Å². The van der Waals surface area contributed by atoms with Crippen LogP contribution in [0.2, 0.25) is 0 Å². The Morgan fingerprint density at radius 2 is 1.62 bits per heavy atom. The van der Waals surface area contributed by atoms with Crippen LogP contribution < -0.4 is 5.73 Å². The maximum absolute atomic E-state index is 13.9. The Kier molecular flexibility index (Phi) is 5.21. The van der Waals surface area contributed by atoms with E-state index in [9.17, 15) is 13.2 Å². The molecule has 0 saturated carbocycles. The lowest BCUT2D eigenvalue weighted by atomic mass is 10.0. The summed E-state index contributed by atoms with van der Waals surface area (Å²) in [5.41, 5.74) is 5.75. The smallest absolute Gasteiger partial charge is 0.161 e. The average Bonchev–Trinajstić information content (AvgIpc) is 2.88. The summed E-state index contributed by atoms with van der Waals surface area (Å²) in [4.78, 5) is 1.86. The zero-order valence-electron chi connectivity index (χ0n) is 12.0. The molecule has 0 aromatic heterocycles. The van der Waals surface area contributed by atoms with Gasteiger partial charge in [0.25, 0.3) is 0 Å². The molecular formula is C14H19F3N2O2. The quantitative estimate of drug-likeness (QED) is 0.837. The van der Waals surface area contributed by atoms with Crippen LogP contribution in [0.25, 0.3) is 0 Å². The van der Waals surface area contributed by atoms with Crippen molar-refractivity contribution in [2.24, 2.45) is 5.73 Å². The van der Waals surface area contributed by atoms with Gasteiger partial charge in [-0.3, -0.25) is 4.90 Å². The van der Waals surface area contributed by atoms with Crippen molar-refractivity contribution in [2.45, 2.75) is 18.2 Å². The molecule has 1 aromatic rings. The van der Waals surface area contributed by atoms with E-state index in [1.807, 2.05) is 4.90 Å². The average molecular weight is 304 g/mol. The number of halogens is 3. The van der Waals surface area contributed by atoms with Gasteiger partial charge in [0.05, 0.1) is 18.2 Å². The Morgan fingerprint density at radius 1 is 1.10 bits per heavy atom. The van der Waals surface area contributed by atoms with Gasteiger partial charge in [-0.05, 0) is 6.07 Å². The molecule has 7 heteroatoms. The van der Waals surface area contributed by atoms with E-state index in [4.69, 9.17) is 15.2 Å². The van der Waals surface area contributed by atoms with Gasteiger partial charge in [-0.2, -0.15) is 0 Å². The van der Waals surface area contributed by atoms with Crippen molar-refractivity contribution in [3.63, 3.8) is 0 Å². The molecular weight excluding hydrogens is 285 g/mol. The Hall–Kier alpha value is -1.15. The molecule has 1 heterocycles. The second kappa shape index (κ2) is 6.74. The lowest BCUT2D eigenvalue weighted by Crippen LogP contribution is -2.34. The Morgan fingerprint density at radius 3 is 2.10 bits per heavy atom. The monoisotopic (exact) mass is 304 g/mol. The van der Waals surface area contributed by atoms with E-state index in [0.29, 0.717) is 19.2 Å². The Labute approximate surface area is 121 Å². The van der Waals surface area contributed by atoms with E-state index in [0.717, 1.165) is 6.07 Å². The highest BCUT2D eigenvalue weighted by atomic mass is 19.2. The summed E-state index contributed by atoms with van der Waals surface area (Å²) in [6.07, 6.45) is -0.338. The van der Waals surface area contributed by atoms with Gasteiger partial charge in [-0.15, -0.1) is 0 Å². The van der Waals surface area contributed by atoms with E-state index in [2.05, 4.69) is 0 Å². The van der Waals surface area contributed by atoms with Crippen LogP contribution in [0.3, 0.4) is 0 Å². The van der Waals surface area contributed by atoms with E-state index < -0.39 is 23.5 Å². The van der Waals surface area contributed by atoms with Crippen molar-refractivity contribution < 1.29 is 22.6 Å². The highest BCUT2D eigenvalue weighted by Crippen LogP contribution is 2.29. The second-order valence-electron chi connectivity index (χ2n) is 5.04. The topological polar surface area (TPSA) is 47.7 Å². The van der Waals surface area contributed by atoms with Gasteiger partial charge in [0, 0.05) is 45.5 Å². The Bertz CT molecular complexity index is 489. The summed E-state index contributed by atoms with van der Waals surface area (Å²) in [5, 5.41) is 0. The molecule has 0 aliphatic carbocycles. The molecule has 1 aromatic carbocycles. The molecule has 118 valence electrons. The summed E-state index contributed by atoms with van der Waals surface area (Å²) in [7, 11) is 3.13. The third-order valence-corrected chi connectivity index (χ3v) is 3.91. The molecule has 3 unspecified atom stereocenters. The van der Waals surface area contributed by atoms with Crippen molar-refractivity contribution in [1.29, 1.82) is 0 Å². The highest BCUT2D eigenvalue weighted by molar-refractivity contribution is 5.24. The maximum atomic E-state index is 13.9. The summed E-state index contributed by atoms with van der Waals surface area (Å²) < 4.78 is 51.0. The zero-order chi connectivity index (χ0) is 15.6. The predicted molar refractivity (Wildman–Crippen MR) is 71.3 cm³/mol. The number of methoxy groups -OCH3 is 2. The van der Waals surface area contributed by atoms with Crippen molar-refractivity contribution in [2.75, 3.05) is 33.9 Å². The van der Waals surface area contributed by atoms with Gasteiger partial charge in [0.1, 0.15) is 5.82 Å². The lowest BCUT2D eigenvalue weighted by molar-refractivity contribution is -0.00461. The molecule has 1 aliphatic heterocycles. The molecule has 2 rings (SSSR count). The highest BCUT2D eigenvalue weighted by Gasteiger charge is 2.37. The maximum Gasteiger partial charge on any atom is 0.161 e. The number of hydrogen-bond acceptors (Lipinski definition) is 4. The fourth-order valence-electron chi connectivity index (χ4n) is 2.75. The van der Waals surface area contributed by atoms with Crippen LogP contribution in [0.5, 0.6) is 0 Å². The van der Waals surface area contributed by atoms with Crippen LogP contribution in [0.1, 0.15) is 11.6 Å². The van der Waals surface area contributed by atoms with Gasteiger partial charge in [-0.1, -0.05) is 0 Å². The number of rotatable bonds is 5. The SMILES string of the molecule is COC1CN(C(CN)c2cc(F)c(F)cc2F)CC1OC. The number of likely N-dealkylation sites (tertiary alicyclic amines) is 1. The minimum Gasteiger partial charge on any atom is -0.377 e. The molecule has 21 heavy (non-hydrogen) atoms.